The summed E-state index contributed by atoms with van der Waals surface area (Å²) in [5.74, 6) is 0. The first kappa shape index (κ1) is 11.9. The van der Waals surface area contributed by atoms with Crippen molar-refractivity contribution in [2.45, 2.75) is 13.0 Å². The van der Waals surface area contributed by atoms with Crippen molar-refractivity contribution < 1.29 is 0 Å². The van der Waals surface area contributed by atoms with Gasteiger partial charge in [-0.2, -0.15) is 0 Å². The molecule has 0 radical (unpaired) electrons. The Kier molecular flexibility index (Phi) is 3.84. The Hall–Kier alpha value is -0.580. The molecule has 2 heterocycles. The Balaban J connectivity index is 2.17. The highest BCUT2D eigenvalue weighted by Gasteiger charge is 2.09. The molecule has 5 heteroatoms. The summed E-state index contributed by atoms with van der Waals surface area (Å²) in [7, 11) is 0. The molecule has 0 spiro atoms. The molecule has 0 aliphatic carbocycles. The molecule has 1 N–H and O–H groups in total. The highest BCUT2D eigenvalue weighted by molar-refractivity contribution is 9.10. The molecular weight excluding hydrogens is 308 g/mol. The van der Waals surface area contributed by atoms with Crippen molar-refractivity contribution in [3.8, 4) is 0 Å². The molecule has 0 fully saturated rings. The zero-order valence-electron chi connectivity index (χ0n) is 8.58. The molecule has 0 amide bonds. The molecular formula is C11H10BrClN2S. The van der Waals surface area contributed by atoms with Crippen LogP contribution in [0.4, 0.5) is 5.69 Å². The average Bonchev–Trinajstić information content (AvgIpc) is 2.76. The van der Waals surface area contributed by atoms with E-state index in [1.54, 1.807) is 17.5 Å². The fraction of sp³-hybridized carbons (Fsp3) is 0.182. The lowest BCUT2D eigenvalue weighted by Gasteiger charge is -2.14. The molecule has 0 saturated heterocycles. The van der Waals surface area contributed by atoms with Crippen molar-refractivity contribution in [1.29, 1.82) is 0 Å². The van der Waals surface area contributed by atoms with Gasteiger partial charge in [-0.1, -0.05) is 17.7 Å². The normalized spacial score (nSPS) is 12.4. The van der Waals surface area contributed by atoms with E-state index in [-0.39, 0.29) is 6.04 Å². The third-order valence-corrected chi connectivity index (χ3v) is 3.94. The van der Waals surface area contributed by atoms with E-state index in [9.17, 15) is 0 Å². The Labute approximate surface area is 112 Å². The van der Waals surface area contributed by atoms with E-state index in [4.69, 9.17) is 11.6 Å². The van der Waals surface area contributed by atoms with Gasteiger partial charge in [-0.25, -0.2) is 4.98 Å². The number of thiophene rings is 1. The summed E-state index contributed by atoms with van der Waals surface area (Å²) in [5.41, 5.74) is 0.844. The summed E-state index contributed by atoms with van der Waals surface area (Å²) >= 11 is 11.1. The summed E-state index contributed by atoms with van der Waals surface area (Å²) in [6, 6.07) is 6.30. The Morgan fingerprint density at radius 2 is 2.38 bits per heavy atom. The predicted octanol–water partition coefficient (Wildman–Crippen LogP) is 4.73. The molecule has 84 valence electrons. The van der Waals surface area contributed by atoms with Gasteiger partial charge in [0, 0.05) is 15.5 Å². The number of nitrogens with one attached hydrogen (secondary N) is 1. The molecule has 2 aromatic heterocycles. The highest BCUT2D eigenvalue weighted by atomic mass is 79.9. The highest BCUT2D eigenvalue weighted by Crippen LogP contribution is 2.28. The summed E-state index contributed by atoms with van der Waals surface area (Å²) in [5, 5.41) is 5.90. The fourth-order valence-electron chi connectivity index (χ4n) is 1.37. The molecule has 0 saturated carbocycles. The summed E-state index contributed by atoms with van der Waals surface area (Å²) < 4.78 is 0.915. The molecule has 2 nitrogen and oxygen atoms in total. The van der Waals surface area contributed by atoms with Gasteiger partial charge < -0.3 is 5.32 Å². The summed E-state index contributed by atoms with van der Waals surface area (Å²) in [6.45, 7) is 2.10. The number of nitrogens with zero attached hydrogens (tertiary/aromatic N) is 1. The largest absolute Gasteiger partial charge is 0.375 e. The average molecular weight is 318 g/mol. The first-order valence-corrected chi connectivity index (χ1v) is 6.83. The second kappa shape index (κ2) is 5.17. The van der Waals surface area contributed by atoms with Gasteiger partial charge in [-0.3, -0.25) is 0 Å². The number of hydrogen-bond acceptors (Lipinski definition) is 3. The molecule has 2 rings (SSSR count). The lowest BCUT2D eigenvalue weighted by Crippen LogP contribution is -2.05. The van der Waals surface area contributed by atoms with Crippen molar-refractivity contribution in [3.05, 3.63) is 44.3 Å². The standard InChI is InChI=1S/C11H10BrClN2S/c1-7(10-3-2-4-16-10)15-9-5-8(12)6-14-11(9)13/h2-7,15H,1H3. The smallest absolute Gasteiger partial charge is 0.152 e. The maximum Gasteiger partial charge on any atom is 0.152 e. The second-order valence-electron chi connectivity index (χ2n) is 3.37. The van der Waals surface area contributed by atoms with E-state index in [2.05, 4.69) is 44.6 Å². The van der Waals surface area contributed by atoms with Crippen LogP contribution in [0.25, 0.3) is 0 Å². The van der Waals surface area contributed by atoms with Crippen LogP contribution in [0, 0.1) is 0 Å². The van der Waals surface area contributed by atoms with Crippen LogP contribution in [0.3, 0.4) is 0 Å². The SMILES string of the molecule is CC(Nc1cc(Br)cnc1Cl)c1cccs1. The zero-order valence-corrected chi connectivity index (χ0v) is 11.7. The van der Waals surface area contributed by atoms with Crippen molar-refractivity contribution in [2.24, 2.45) is 0 Å². The van der Waals surface area contributed by atoms with E-state index in [0.29, 0.717) is 5.15 Å². The van der Waals surface area contributed by atoms with E-state index in [1.807, 2.05) is 12.1 Å². The van der Waals surface area contributed by atoms with E-state index < -0.39 is 0 Å². The molecule has 1 unspecified atom stereocenters. The van der Waals surface area contributed by atoms with Crippen LogP contribution < -0.4 is 5.32 Å². The fourth-order valence-corrected chi connectivity index (χ4v) is 2.59. The van der Waals surface area contributed by atoms with Crippen molar-refractivity contribution in [1.82, 2.24) is 4.98 Å². The topological polar surface area (TPSA) is 24.9 Å². The van der Waals surface area contributed by atoms with E-state index in [0.717, 1.165) is 10.2 Å². The Morgan fingerprint density at radius 3 is 3.06 bits per heavy atom. The van der Waals surface area contributed by atoms with Crippen LogP contribution in [0.1, 0.15) is 17.8 Å². The number of halogens is 2. The monoisotopic (exact) mass is 316 g/mol. The Morgan fingerprint density at radius 1 is 1.56 bits per heavy atom. The van der Waals surface area contributed by atoms with E-state index >= 15 is 0 Å². The number of aromatic nitrogens is 1. The quantitative estimate of drug-likeness (QED) is 0.828. The lowest BCUT2D eigenvalue weighted by molar-refractivity contribution is 0.905. The molecule has 0 bridgehead atoms. The zero-order chi connectivity index (χ0) is 11.5. The minimum Gasteiger partial charge on any atom is -0.375 e. The molecule has 0 aliphatic rings. The maximum absolute atomic E-state index is 6.01. The minimum absolute atomic E-state index is 0.230. The predicted molar refractivity (Wildman–Crippen MR) is 73.3 cm³/mol. The number of anilines is 1. The number of hydrogen-bond donors (Lipinski definition) is 1. The lowest BCUT2D eigenvalue weighted by atomic mass is 10.2. The van der Waals surface area contributed by atoms with Gasteiger partial charge in [0.25, 0.3) is 0 Å². The second-order valence-corrected chi connectivity index (χ2v) is 5.63. The van der Waals surface area contributed by atoms with Crippen LogP contribution in [0.2, 0.25) is 5.15 Å². The van der Waals surface area contributed by atoms with Crippen molar-refractivity contribution >= 4 is 44.6 Å². The summed E-state index contributed by atoms with van der Waals surface area (Å²) in [6.07, 6.45) is 1.68. The van der Waals surface area contributed by atoms with Gasteiger partial charge in [-0.05, 0) is 40.4 Å². The molecule has 1 atom stereocenters. The van der Waals surface area contributed by atoms with Crippen LogP contribution in [-0.4, -0.2) is 4.98 Å². The van der Waals surface area contributed by atoms with Gasteiger partial charge >= 0.3 is 0 Å². The first-order chi connectivity index (χ1) is 7.66. The molecule has 0 aromatic carbocycles. The van der Waals surface area contributed by atoms with Crippen LogP contribution >= 0.6 is 38.9 Å². The van der Waals surface area contributed by atoms with Crippen molar-refractivity contribution in [3.63, 3.8) is 0 Å². The first-order valence-electron chi connectivity index (χ1n) is 4.78. The van der Waals surface area contributed by atoms with Crippen LogP contribution in [0.5, 0.6) is 0 Å². The minimum atomic E-state index is 0.230. The van der Waals surface area contributed by atoms with Gasteiger partial charge in [0.05, 0.1) is 11.7 Å². The maximum atomic E-state index is 6.01. The van der Waals surface area contributed by atoms with Gasteiger partial charge in [-0.15, -0.1) is 11.3 Å². The number of rotatable bonds is 3. The van der Waals surface area contributed by atoms with Gasteiger partial charge in [0.2, 0.25) is 0 Å². The third-order valence-electron chi connectivity index (χ3n) is 2.15. The Bertz CT molecular complexity index is 473. The molecule has 16 heavy (non-hydrogen) atoms. The summed E-state index contributed by atoms with van der Waals surface area (Å²) in [4.78, 5) is 5.35. The van der Waals surface area contributed by atoms with Crippen molar-refractivity contribution in [2.75, 3.05) is 5.32 Å². The molecule has 0 aliphatic heterocycles. The number of pyridine rings is 1. The van der Waals surface area contributed by atoms with Crippen LogP contribution in [0.15, 0.2) is 34.2 Å². The van der Waals surface area contributed by atoms with Gasteiger partial charge in [0.15, 0.2) is 5.15 Å². The third kappa shape index (κ3) is 2.75. The molecule has 2 aromatic rings. The van der Waals surface area contributed by atoms with E-state index in [1.165, 1.54) is 4.88 Å². The van der Waals surface area contributed by atoms with Gasteiger partial charge in [0.1, 0.15) is 0 Å². The van der Waals surface area contributed by atoms with Crippen LogP contribution in [-0.2, 0) is 0 Å².